The summed E-state index contributed by atoms with van der Waals surface area (Å²) in [4.78, 5) is 12.4. The van der Waals surface area contributed by atoms with Crippen molar-refractivity contribution in [3.05, 3.63) is 68.7 Å². The first kappa shape index (κ1) is 19.3. The van der Waals surface area contributed by atoms with E-state index in [-0.39, 0.29) is 11.9 Å². The highest BCUT2D eigenvalue weighted by Crippen LogP contribution is 2.26. The summed E-state index contributed by atoms with van der Waals surface area (Å²) in [5.74, 6) is 0.0700. The Morgan fingerprint density at radius 2 is 1.81 bits per heavy atom. The number of fused-ring (bicyclic) bond motifs is 1. The van der Waals surface area contributed by atoms with Crippen LogP contribution in [0.3, 0.4) is 0 Å². The number of aryl methyl sites for hydroxylation is 3. The number of hydrogen-bond donors (Lipinski definition) is 1. The molecule has 0 aromatic heterocycles. The first-order chi connectivity index (χ1) is 12.6. The summed E-state index contributed by atoms with van der Waals surface area (Å²) in [7, 11) is 0. The highest BCUT2D eigenvalue weighted by Gasteiger charge is 2.16. The summed E-state index contributed by atoms with van der Waals surface area (Å²) in [6.45, 7) is 2.11. The van der Waals surface area contributed by atoms with E-state index in [1.54, 1.807) is 6.07 Å². The van der Waals surface area contributed by atoms with Gasteiger partial charge in [-0.1, -0.05) is 54.4 Å². The molecule has 0 saturated heterocycles. The molecule has 0 aliphatic heterocycles. The first-order valence-corrected chi connectivity index (χ1v) is 10.2. The Bertz CT molecular complexity index is 788. The molecule has 0 fully saturated rings. The standard InChI is InChI=1S/C22H25Cl2NO/c1-2-21(18-10-9-16-5-3-4-6-17(16)14-18)25-22(26)12-8-15-7-11-19(23)20(24)13-15/h7,9-11,13-14,21H,2-6,8,12H2,1H3,(H,25,26)/t21-/m0/s1. The molecule has 1 N–H and O–H groups in total. The molecule has 2 aromatic carbocycles. The lowest BCUT2D eigenvalue weighted by Crippen LogP contribution is -2.28. The van der Waals surface area contributed by atoms with Crippen molar-refractivity contribution in [2.75, 3.05) is 0 Å². The topological polar surface area (TPSA) is 29.1 Å². The van der Waals surface area contributed by atoms with E-state index in [1.807, 2.05) is 12.1 Å². The summed E-state index contributed by atoms with van der Waals surface area (Å²) in [5, 5.41) is 4.26. The maximum atomic E-state index is 12.4. The zero-order valence-corrected chi connectivity index (χ0v) is 16.7. The van der Waals surface area contributed by atoms with Crippen molar-refractivity contribution in [1.29, 1.82) is 0 Å². The highest BCUT2D eigenvalue weighted by molar-refractivity contribution is 6.42. The van der Waals surface area contributed by atoms with E-state index in [4.69, 9.17) is 23.2 Å². The molecule has 3 rings (SSSR count). The van der Waals surface area contributed by atoms with Crippen LogP contribution in [0.2, 0.25) is 10.0 Å². The summed E-state index contributed by atoms with van der Waals surface area (Å²) in [6, 6.07) is 12.3. The second-order valence-corrected chi connectivity index (χ2v) is 7.83. The van der Waals surface area contributed by atoms with Gasteiger partial charge in [0.25, 0.3) is 0 Å². The minimum Gasteiger partial charge on any atom is -0.349 e. The van der Waals surface area contributed by atoms with E-state index in [0.29, 0.717) is 22.9 Å². The second-order valence-electron chi connectivity index (χ2n) is 7.01. The van der Waals surface area contributed by atoms with Crippen molar-refractivity contribution in [3.63, 3.8) is 0 Å². The SMILES string of the molecule is CC[C@H](NC(=O)CCc1ccc(Cl)c(Cl)c1)c1ccc2c(c1)CCCC2. The Hall–Kier alpha value is -1.51. The fourth-order valence-electron chi connectivity index (χ4n) is 3.61. The predicted molar refractivity (Wildman–Crippen MR) is 109 cm³/mol. The van der Waals surface area contributed by atoms with Crippen LogP contribution in [0.1, 0.15) is 60.9 Å². The van der Waals surface area contributed by atoms with Gasteiger partial charge in [-0.15, -0.1) is 0 Å². The zero-order chi connectivity index (χ0) is 18.5. The quantitative estimate of drug-likeness (QED) is 0.637. The molecule has 0 spiro atoms. The fourth-order valence-corrected chi connectivity index (χ4v) is 3.93. The number of hydrogen-bond acceptors (Lipinski definition) is 1. The number of carbonyl (C=O) groups is 1. The Kier molecular flexibility index (Phi) is 6.61. The van der Waals surface area contributed by atoms with Gasteiger partial charge in [0, 0.05) is 6.42 Å². The molecule has 138 valence electrons. The van der Waals surface area contributed by atoms with Gasteiger partial charge in [0.1, 0.15) is 0 Å². The van der Waals surface area contributed by atoms with E-state index in [0.717, 1.165) is 18.4 Å². The molecular weight excluding hydrogens is 365 g/mol. The molecule has 1 atom stereocenters. The van der Waals surface area contributed by atoms with Gasteiger partial charge in [-0.2, -0.15) is 0 Å². The van der Waals surface area contributed by atoms with Gasteiger partial charge in [0.05, 0.1) is 16.1 Å². The average molecular weight is 390 g/mol. The second kappa shape index (κ2) is 8.92. The molecule has 0 unspecified atom stereocenters. The van der Waals surface area contributed by atoms with E-state index < -0.39 is 0 Å². The molecule has 0 bridgehead atoms. The molecule has 2 nitrogen and oxygen atoms in total. The molecule has 4 heteroatoms. The molecule has 2 aromatic rings. The third kappa shape index (κ3) is 4.81. The maximum absolute atomic E-state index is 12.4. The number of rotatable bonds is 6. The molecule has 0 heterocycles. The summed E-state index contributed by atoms with van der Waals surface area (Å²) < 4.78 is 0. The lowest BCUT2D eigenvalue weighted by molar-refractivity contribution is -0.121. The molecule has 26 heavy (non-hydrogen) atoms. The Morgan fingerprint density at radius 3 is 2.54 bits per heavy atom. The monoisotopic (exact) mass is 389 g/mol. The van der Waals surface area contributed by atoms with Crippen LogP contribution in [0.25, 0.3) is 0 Å². The van der Waals surface area contributed by atoms with Gasteiger partial charge in [-0.3, -0.25) is 4.79 Å². The van der Waals surface area contributed by atoms with Crippen molar-refractivity contribution >= 4 is 29.1 Å². The molecule has 1 amide bonds. The largest absolute Gasteiger partial charge is 0.349 e. The number of carbonyl (C=O) groups excluding carboxylic acids is 1. The van der Waals surface area contributed by atoms with Crippen molar-refractivity contribution in [3.8, 4) is 0 Å². The summed E-state index contributed by atoms with van der Waals surface area (Å²) in [6.07, 6.45) is 6.88. The minimum atomic E-state index is 0.0700. The van der Waals surface area contributed by atoms with Crippen LogP contribution in [-0.4, -0.2) is 5.91 Å². The van der Waals surface area contributed by atoms with Gasteiger partial charge < -0.3 is 5.32 Å². The molecule has 0 saturated carbocycles. The molecular formula is C22H25Cl2NO. The van der Waals surface area contributed by atoms with Gasteiger partial charge in [0.15, 0.2) is 0 Å². The third-order valence-corrected chi connectivity index (χ3v) is 5.88. The Morgan fingerprint density at radius 1 is 1.04 bits per heavy atom. The van der Waals surface area contributed by atoms with Crippen LogP contribution in [-0.2, 0) is 24.1 Å². The zero-order valence-electron chi connectivity index (χ0n) is 15.2. The average Bonchev–Trinajstić information content (AvgIpc) is 2.66. The normalized spacial score (nSPS) is 14.6. The van der Waals surface area contributed by atoms with Crippen LogP contribution >= 0.6 is 23.2 Å². The summed E-state index contributed by atoms with van der Waals surface area (Å²) in [5.41, 5.74) is 5.17. The van der Waals surface area contributed by atoms with Crippen LogP contribution in [0.5, 0.6) is 0 Å². The Labute approximate surface area is 165 Å². The van der Waals surface area contributed by atoms with Crippen LogP contribution < -0.4 is 5.32 Å². The van der Waals surface area contributed by atoms with E-state index in [9.17, 15) is 4.79 Å². The van der Waals surface area contributed by atoms with Gasteiger partial charge in [-0.25, -0.2) is 0 Å². The van der Waals surface area contributed by atoms with Crippen LogP contribution in [0, 0.1) is 0 Å². The van der Waals surface area contributed by atoms with Crippen molar-refractivity contribution in [1.82, 2.24) is 5.32 Å². The molecule has 0 radical (unpaired) electrons. The maximum Gasteiger partial charge on any atom is 0.220 e. The number of halogens is 2. The highest BCUT2D eigenvalue weighted by atomic mass is 35.5. The lowest BCUT2D eigenvalue weighted by atomic mass is 9.89. The van der Waals surface area contributed by atoms with E-state index in [2.05, 4.69) is 30.4 Å². The number of benzene rings is 2. The predicted octanol–water partition coefficient (Wildman–Crippen LogP) is 6.07. The first-order valence-electron chi connectivity index (χ1n) is 9.42. The number of nitrogens with one attached hydrogen (secondary N) is 1. The van der Waals surface area contributed by atoms with Gasteiger partial charge in [0.2, 0.25) is 5.91 Å². The van der Waals surface area contributed by atoms with E-state index >= 15 is 0 Å². The number of amides is 1. The Balaban J connectivity index is 1.60. The third-order valence-electron chi connectivity index (χ3n) is 5.14. The van der Waals surface area contributed by atoms with Crippen LogP contribution in [0.15, 0.2) is 36.4 Å². The van der Waals surface area contributed by atoms with Crippen molar-refractivity contribution < 1.29 is 4.79 Å². The van der Waals surface area contributed by atoms with Gasteiger partial charge in [-0.05, 0) is 72.9 Å². The lowest BCUT2D eigenvalue weighted by Gasteiger charge is -2.22. The van der Waals surface area contributed by atoms with Gasteiger partial charge >= 0.3 is 0 Å². The van der Waals surface area contributed by atoms with E-state index in [1.165, 1.54) is 36.0 Å². The summed E-state index contributed by atoms with van der Waals surface area (Å²) >= 11 is 12.0. The van der Waals surface area contributed by atoms with Crippen molar-refractivity contribution in [2.24, 2.45) is 0 Å². The van der Waals surface area contributed by atoms with Crippen LogP contribution in [0.4, 0.5) is 0 Å². The van der Waals surface area contributed by atoms with Crippen molar-refractivity contribution in [2.45, 2.75) is 57.9 Å². The fraction of sp³-hybridized carbons (Fsp3) is 0.409. The molecule has 1 aliphatic carbocycles. The minimum absolute atomic E-state index is 0.0700. The molecule has 1 aliphatic rings. The smallest absolute Gasteiger partial charge is 0.220 e.